The summed E-state index contributed by atoms with van der Waals surface area (Å²) in [7, 11) is 0. The largest absolute Gasteiger partial charge is 0.348 e. The Morgan fingerprint density at radius 2 is 2.08 bits per heavy atom. The highest BCUT2D eigenvalue weighted by molar-refractivity contribution is 4.97. The summed E-state index contributed by atoms with van der Waals surface area (Å²) in [6.45, 7) is 5.38. The molecule has 0 aromatic carbocycles. The molecule has 1 unspecified atom stereocenters. The van der Waals surface area contributed by atoms with Gasteiger partial charge in [-0.3, -0.25) is 0 Å². The van der Waals surface area contributed by atoms with Crippen LogP contribution in [0.15, 0.2) is 0 Å². The summed E-state index contributed by atoms with van der Waals surface area (Å²) in [5.74, 6) is -0.400. The van der Waals surface area contributed by atoms with E-state index in [1.54, 1.807) is 0 Å². The molecule has 1 atom stereocenters. The van der Waals surface area contributed by atoms with E-state index in [1.807, 2.05) is 13.8 Å². The number of hydrogen-bond donors (Lipinski definition) is 1. The van der Waals surface area contributed by atoms with E-state index in [1.165, 1.54) is 19.3 Å². The highest BCUT2D eigenvalue weighted by Crippen LogP contribution is 2.47. The van der Waals surface area contributed by atoms with Gasteiger partial charge in [-0.1, -0.05) is 6.42 Å². The lowest BCUT2D eigenvalue weighted by atomic mass is 9.65. The molecule has 0 aromatic heterocycles. The Labute approximate surface area is 79.6 Å². The molecule has 1 aliphatic carbocycles. The summed E-state index contributed by atoms with van der Waals surface area (Å²) in [6, 6.07) is 0. The van der Waals surface area contributed by atoms with Crippen LogP contribution in [0, 0.1) is 5.41 Å². The molecule has 0 amide bonds. The van der Waals surface area contributed by atoms with Gasteiger partial charge in [-0.2, -0.15) is 0 Å². The second-order valence-electron chi connectivity index (χ2n) is 4.74. The predicted molar refractivity (Wildman–Crippen MR) is 50.2 cm³/mol. The molecule has 3 nitrogen and oxygen atoms in total. The predicted octanol–water partition coefficient (Wildman–Crippen LogP) is 1.27. The van der Waals surface area contributed by atoms with E-state index in [9.17, 15) is 0 Å². The summed E-state index contributed by atoms with van der Waals surface area (Å²) in [5, 5.41) is 0. The monoisotopic (exact) mass is 185 g/mol. The zero-order chi connectivity index (χ0) is 9.53. The molecule has 2 rings (SSSR count). The fraction of sp³-hybridized carbons (Fsp3) is 1.00. The van der Waals surface area contributed by atoms with Gasteiger partial charge in [0.1, 0.15) is 0 Å². The summed E-state index contributed by atoms with van der Waals surface area (Å²) < 4.78 is 11.4. The molecule has 1 aliphatic heterocycles. The summed E-state index contributed by atoms with van der Waals surface area (Å²) in [4.78, 5) is 0. The highest BCUT2D eigenvalue weighted by Gasteiger charge is 2.49. The van der Waals surface area contributed by atoms with Gasteiger partial charge in [0, 0.05) is 12.0 Å². The van der Waals surface area contributed by atoms with Crippen molar-refractivity contribution in [2.24, 2.45) is 11.1 Å². The Balaban J connectivity index is 2.02. The zero-order valence-corrected chi connectivity index (χ0v) is 8.51. The van der Waals surface area contributed by atoms with Crippen molar-refractivity contribution in [2.45, 2.75) is 45.0 Å². The van der Waals surface area contributed by atoms with Gasteiger partial charge < -0.3 is 15.2 Å². The van der Waals surface area contributed by atoms with Gasteiger partial charge in [0.15, 0.2) is 5.79 Å². The first-order valence-corrected chi connectivity index (χ1v) is 5.10. The smallest absolute Gasteiger partial charge is 0.163 e. The van der Waals surface area contributed by atoms with Crippen LogP contribution in [0.2, 0.25) is 0 Å². The minimum absolute atomic E-state index is 0.223. The first-order chi connectivity index (χ1) is 6.08. The Morgan fingerprint density at radius 1 is 1.38 bits per heavy atom. The van der Waals surface area contributed by atoms with E-state index in [2.05, 4.69) is 0 Å². The van der Waals surface area contributed by atoms with Crippen molar-refractivity contribution in [1.82, 2.24) is 0 Å². The van der Waals surface area contributed by atoms with Gasteiger partial charge in [0.25, 0.3) is 0 Å². The standard InChI is InChI=1S/C10H19NO2/c1-9(2)12-6-8(13-9)10(7-11)4-3-5-10/h8H,3-7,11H2,1-2H3. The van der Waals surface area contributed by atoms with Crippen molar-refractivity contribution in [3.05, 3.63) is 0 Å². The van der Waals surface area contributed by atoms with Crippen molar-refractivity contribution in [2.75, 3.05) is 13.2 Å². The second-order valence-corrected chi connectivity index (χ2v) is 4.74. The van der Waals surface area contributed by atoms with Crippen LogP contribution < -0.4 is 5.73 Å². The number of nitrogens with two attached hydrogens (primary N) is 1. The molecular formula is C10H19NO2. The first kappa shape index (κ1) is 9.44. The molecule has 0 radical (unpaired) electrons. The molecule has 1 saturated carbocycles. The van der Waals surface area contributed by atoms with Crippen LogP contribution >= 0.6 is 0 Å². The third kappa shape index (κ3) is 1.49. The normalized spacial score (nSPS) is 35.8. The summed E-state index contributed by atoms with van der Waals surface area (Å²) in [5.41, 5.74) is 6.03. The number of ether oxygens (including phenoxy) is 2. The Morgan fingerprint density at radius 3 is 2.38 bits per heavy atom. The highest BCUT2D eigenvalue weighted by atomic mass is 16.7. The Kier molecular flexibility index (Phi) is 2.13. The van der Waals surface area contributed by atoms with Crippen LogP contribution in [-0.2, 0) is 9.47 Å². The Hall–Kier alpha value is -0.120. The SMILES string of the molecule is CC1(C)OCC(C2(CN)CCC2)O1. The lowest BCUT2D eigenvalue weighted by Crippen LogP contribution is -2.48. The van der Waals surface area contributed by atoms with E-state index in [0.29, 0.717) is 6.61 Å². The van der Waals surface area contributed by atoms with Crippen molar-refractivity contribution >= 4 is 0 Å². The molecule has 0 bridgehead atoms. The second kappa shape index (κ2) is 2.94. The third-order valence-corrected chi connectivity index (χ3v) is 3.45. The van der Waals surface area contributed by atoms with Gasteiger partial charge in [0.2, 0.25) is 0 Å². The van der Waals surface area contributed by atoms with Gasteiger partial charge in [-0.25, -0.2) is 0 Å². The molecule has 2 N–H and O–H groups in total. The maximum absolute atomic E-state index is 5.84. The molecule has 0 spiro atoms. The molecule has 13 heavy (non-hydrogen) atoms. The molecule has 2 aliphatic rings. The van der Waals surface area contributed by atoms with Gasteiger partial charge in [-0.05, 0) is 26.7 Å². The molecule has 0 aromatic rings. The summed E-state index contributed by atoms with van der Waals surface area (Å²) in [6.07, 6.45) is 3.92. The minimum atomic E-state index is -0.400. The average Bonchev–Trinajstić information content (AvgIpc) is 2.30. The van der Waals surface area contributed by atoms with Crippen molar-refractivity contribution < 1.29 is 9.47 Å². The van der Waals surface area contributed by atoms with Crippen LogP contribution in [0.1, 0.15) is 33.1 Å². The van der Waals surface area contributed by atoms with Crippen molar-refractivity contribution in [3.63, 3.8) is 0 Å². The lowest BCUT2D eigenvalue weighted by molar-refractivity contribution is -0.162. The fourth-order valence-electron chi connectivity index (χ4n) is 2.28. The number of hydrogen-bond acceptors (Lipinski definition) is 3. The molecule has 1 saturated heterocycles. The van der Waals surface area contributed by atoms with Crippen LogP contribution in [-0.4, -0.2) is 25.0 Å². The lowest BCUT2D eigenvalue weighted by Gasteiger charge is -2.44. The molecule has 76 valence electrons. The molecule has 2 fully saturated rings. The summed E-state index contributed by atoms with van der Waals surface area (Å²) >= 11 is 0. The fourth-order valence-corrected chi connectivity index (χ4v) is 2.28. The maximum atomic E-state index is 5.84. The van der Waals surface area contributed by atoms with E-state index in [4.69, 9.17) is 15.2 Å². The van der Waals surface area contributed by atoms with E-state index in [0.717, 1.165) is 6.54 Å². The molecule has 3 heteroatoms. The van der Waals surface area contributed by atoms with Crippen LogP contribution in [0.25, 0.3) is 0 Å². The molecule has 1 heterocycles. The van der Waals surface area contributed by atoms with E-state index < -0.39 is 5.79 Å². The first-order valence-electron chi connectivity index (χ1n) is 5.10. The van der Waals surface area contributed by atoms with Gasteiger partial charge in [-0.15, -0.1) is 0 Å². The minimum Gasteiger partial charge on any atom is -0.348 e. The quantitative estimate of drug-likeness (QED) is 0.704. The van der Waals surface area contributed by atoms with Gasteiger partial charge in [0.05, 0.1) is 12.7 Å². The third-order valence-electron chi connectivity index (χ3n) is 3.45. The maximum Gasteiger partial charge on any atom is 0.163 e. The molecular weight excluding hydrogens is 166 g/mol. The zero-order valence-electron chi connectivity index (χ0n) is 8.51. The van der Waals surface area contributed by atoms with E-state index >= 15 is 0 Å². The van der Waals surface area contributed by atoms with Gasteiger partial charge >= 0.3 is 0 Å². The van der Waals surface area contributed by atoms with Crippen LogP contribution in [0.3, 0.4) is 0 Å². The van der Waals surface area contributed by atoms with Crippen molar-refractivity contribution in [1.29, 1.82) is 0 Å². The number of rotatable bonds is 2. The average molecular weight is 185 g/mol. The van der Waals surface area contributed by atoms with E-state index in [-0.39, 0.29) is 11.5 Å². The topological polar surface area (TPSA) is 44.5 Å². The van der Waals surface area contributed by atoms with Crippen LogP contribution in [0.4, 0.5) is 0 Å². The van der Waals surface area contributed by atoms with Crippen LogP contribution in [0.5, 0.6) is 0 Å². The Bertz CT molecular complexity index is 194. The van der Waals surface area contributed by atoms with Crippen molar-refractivity contribution in [3.8, 4) is 0 Å².